The fourth-order valence-electron chi connectivity index (χ4n) is 2.67. The first-order chi connectivity index (χ1) is 10.2. The molecule has 0 bridgehead atoms. The Morgan fingerprint density at radius 3 is 3.05 bits per heavy atom. The van der Waals surface area contributed by atoms with E-state index in [1.54, 1.807) is 0 Å². The van der Waals surface area contributed by atoms with Crippen molar-refractivity contribution in [1.82, 2.24) is 15.5 Å². The fourth-order valence-corrected chi connectivity index (χ4v) is 3.05. The van der Waals surface area contributed by atoms with Crippen LogP contribution in [0, 0.1) is 6.92 Å². The SMILES string of the molecule is Cc1ccc(-c2noc(CCC3CCCCN3)n2)cc1Br. The van der Waals surface area contributed by atoms with Crippen molar-refractivity contribution in [3.63, 3.8) is 0 Å². The summed E-state index contributed by atoms with van der Waals surface area (Å²) in [5, 5.41) is 7.64. The third kappa shape index (κ3) is 3.71. The Hall–Kier alpha value is -1.20. The van der Waals surface area contributed by atoms with Gasteiger partial charge < -0.3 is 9.84 Å². The largest absolute Gasteiger partial charge is 0.339 e. The summed E-state index contributed by atoms with van der Waals surface area (Å²) in [5.74, 6) is 1.40. The van der Waals surface area contributed by atoms with Crippen molar-refractivity contribution in [2.45, 2.75) is 45.1 Å². The first-order valence-electron chi connectivity index (χ1n) is 7.55. The van der Waals surface area contributed by atoms with Crippen LogP contribution in [0.4, 0.5) is 0 Å². The molecule has 4 nitrogen and oxygen atoms in total. The van der Waals surface area contributed by atoms with Crippen molar-refractivity contribution >= 4 is 15.9 Å². The number of rotatable bonds is 4. The van der Waals surface area contributed by atoms with Crippen LogP contribution in [0.5, 0.6) is 0 Å². The molecule has 0 amide bonds. The first-order valence-corrected chi connectivity index (χ1v) is 8.34. The smallest absolute Gasteiger partial charge is 0.227 e. The molecule has 2 heterocycles. The Labute approximate surface area is 133 Å². The normalized spacial score (nSPS) is 18.9. The molecule has 1 aromatic carbocycles. The zero-order valence-electron chi connectivity index (χ0n) is 12.2. The van der Waals surface area contributed by atoms with Crippen LogP contribution < -0.4 is 5.32 Å². The van der Waals surface area contributed by atoms with Gasteiger partial charge in [0.05, 0.1) is 0 Å². The van der Waals surface area contributed by atoms with Gasteiger partial charge in [0.2, 0.25) is 11.7 Å². The number of aryl methyl sites for hydroxylation is 2. The summed E-state index contributed by atoms with van der Waals surface area (Å²) in [6.07, 6.45) is 5.79. The summed E-state index contributed by atoms with van der Waals surface area (Å²) in [6.45, 7) is 3.20. The van der Waals surface area contributed by atoms with Gasteiger partial charge in [-0.2, -0.15) is 4.98 Å². The van der Waals surface area contributed by atoms with Crippen LogP contribution in [-0.4, -0.2) is 22.7 Å². The van der Waals surface area contributed by atoms with E-state index in [0.717, 1.165) is 35.3 Å². The molecule has 0 radical (unpaired) electrons. The molecule has 21 heavy (non-hydrogen) atoms. The Balaban J connectivity index is 1.63. The predicted octanol–water partition coefficient (Wildman–Crippen LogP) is 3.88. The summed E-state index contributed by atoms with van der Waals surface area (Å²) in [4.78, 5) is 4.51. The molecule has 3 rings (SSSR count). The maximum Gasteiger partial charge on any atom is 0.227 e. The number of hydrogen-bond donors (Lipinski definition) is 1. The molecule has 1 aromatic heterocycles. The molecule has 1 aliphatic heterocycles. The molecule has 1 N–H and O–H groups in total. The van der Waals surface area contributed by atoms with Gasteiger partial charge in [-0.3, -0.25) is 0 Å². The number of nitrogens with zero attached hydrogens (tertiary/aromatic N) is 2. The van der Waals surface area contributed by atoms with Gasteiger partial charge >= 0.3 is 0 Å². The number of hydrogen-bond acceptors (Lipinski definition) is 4. The van der Waals surface area contributed by atoms with Crippen LogP contribution >= 0.6 is 15.9 Å². The highest BCUT2D eigenvalue weighted by Gasteiger charge is 2.15. The third-order valence-corrected chi connectivity index (χ3v) is 4.87. The lowest BCUT2D eigenvalue weighted by Gasteiger charge is -2.22. The van der Waals surface area contributed by atoms with Crippen molar-refractivity contribution in [2.75, 3.05) is 6.54 Å². The first kappa shape index (κ1) is 14.7. The molecule has 2 aromatic rings. The maximum absolute atomic E-state index is 5.38. The molecule has 0 spiro atoms. The minimum absolute atomic E-state index is 0.600. The lowest BCUT2D eigenvalue weighted by Crippen LogP contribution is -2.34. The van der Waals surface area contributed by atoms with E-state index < -0.39 is 0 Å². The number of aromatic nitrogens is 2. The zero-order chi connectivity index (χ0) is 14.7. The molecule has 5 heteroatoms. The Bertz CT molecular complexity index is 605. The van der Waals surface area contributed by atoms with E-state index in [2.05, 4.69) is 44.4 Å². The van der Waals surface area contributed by atoms with Crippen LogP contribution in [0.25, 0.3) is 11.4 Å². The van der Waals surface area contributed by atoms with Crippen LogP contribution in [0.3, 0.4) is 0 Å². The predicted molar refractivity (Wildman–Crippen MR) is 86.1 cm³/mol. The van der Waals surface area contributed by atoms with E-state index in [-0.39, 0.29) is 0 Å². The van der Waals surface area contributed by atoms with Crippen molar-refractivity contribution in [3.8, 4) is 11.4 Å². The van der Waals surface area contributed by atoms with Crippen LogP contribution in [0.1, 0.15) is 37.1 Å². The Morgan fingerprint density at radius 2 is 2.29 bits per heavy atom. The van der Waals surface area contributed by atoms with Crippen LogP contribution in [-0.2, 0) is 6.42 Å². The van der Waals surface area contributed by atoms with Gasteiger partial charge in [0, 0.05) is 22.5 Å². The highest BCUT2D eigenvalue weighted by atomic mass is 79.9. The zero-order valence-corrected chi connectivity index (χ0v) is 13.8. The molecular formula is C16H20BrN3O. The molecule has 0 saturated carbocycles. The summed E-state index contributed by atoms with van der Waals surface area (Å²) in [6, 6.07) is 6.72. The fraction of sp³-hybridized carbons (Fsp3) is 0.500. The lowest BCUT2D eigenvalue weighted by atomic mass is 10.0. The number of halogens is 1. The summed E-state index contributed by atoms with van der Waals surface area (Å²) >= 11 is 3.54. The van der Waals surface area contributed by atoms with E-state index in [4.69, 9.17) is 4.52 Å². The van der Waals surface area contributed by atoms with Crippen molar-refractivity contribution in [2.24, 2.45) is 0 Å². The highest BCUT2D eigenvalue weighted by Crippen LogP contribution is 2.24. The third-order valence-electron chi connectivity index (χ3n) is 4.02. The van der Waals surface area contributed by atoms with Gasteiger partial charge in [0.25, 0.3) is 0 Å². The summed E-state index contributed by atoms with van der Waals surface area (Å²) < 4.78 is 6.44. The molecular weight excluding hydrogens is 330 g/mol. The van der Waals surface area contributed by atoms with E-state index in [1.807, 2.05) is 12.1 Å². The second-order valence-electron chi connectivity index (χ2n) is 5.66. The van der Waals surface area contributed by atoms with Gasteiger partial charge in [0.15, 0.2) is 0 Å². The highest BCUT2D eigenvalue weighted by molar-refractivity contribution is 9.10. The number of nitrogens with one attached hydrogen (secondary N) is 1. The van der Waals surface area contributed by atoms with E-state index >= 15 is 0 Å². The topological polar surface area (TPSA) is 51.0 Å². The maximum atomic E-state index is 5.38. The van der Waals surface area contributed by atoms with Gasteiger partial charge in [-0.25, -0.2) is 0 Å². The minimum Gasteiger partial charge on any atom is -0.339 e. The number of benzene rings is 1. The van der Waals surface area contributed by atoms with Crippen LogP contribution in [0.2, 0.25) is 0 Å². The van der Waals surface area contributed by atoms with E-state index in [1.165, 1.54) is 24.8 Å². The molecule has 1 atom stereocenters. The van der Waals surface area contributed by atoms with Gasteiger partial charge in [-0.1, -0.05) is 39.6 Å². The van der Waals surface area contributed by atoms with Crippen molar-refractivity contribution in [1.29, 1.82) is 0 Å². The Kier molecular flexibility index (Phi) is 4.70. The molecule has 112 valence electrons. The second kappa shape index (κ2) is 6.71. The molecule has 1 aliphatic rings. The summed E-state index contributed by atoms with van der Waals surface area (Å²) in [5.41, 5.74) is 2.18. The van der Waals surface area contributed by atoms with E-state index in [9.17, 15) is 0 Å². The average Bonchev–Trinajstić information content (AvgIpc) is 2.98. The van der Waals surface area contributed by atoms with Crippen molar-refractivity contribution in [3.05, 3.63) is 34.1 Å². The summed E-state index contributed by atoms with van der Waals surface area (Å²) in [7, 11) is 0. The van der Waals surface area contributed by atoms with Crippen molar-refractivity contribution < 1.29 is 4.52 Å². The van der Waals surface area contributed by atoms with Gasteiger partial charge in [-0.05, 0) is 44.4 Å². The molecule has 0 aliphatic carbocycles. The lowest BCUT2D eigenvalue weighted by molar-refractivity contribution is 0.342. The molecule has 1 fully saturated rings. The average molecular weight is 350 g/mol. The molecule has 1 saturated heterocycles. The minimum atomic E-state index is 0.600. The monoisotopic (exact) mass is 349 g/mol. The van der Waals surface area contributed by atoms with Crippen LogP contribution in [0.15, 0.2) is 27.2 Å². The Morgan fingerprint density at radius 1 is 1.38 bits per heavy atom. The number of piperidine rings is 1. The standard InChI is InChI=1S/C16H20BrN3O/c1-11-5-6-12(10-14(11)17)16-19-15(21-20-16)8-7-13-4-2-3-9-18-13/h5-6,10,13,18H,2-4,7-9H2,1H3. The van der Waals surface area contributed by atoms with E-state index in [0.29, 0.717) is 11.9 Å². The van der Waals surface area contributed by atoms with Gasteiger partial charge in [0.1, 0.15) is 0 Å². The second-order valence-corrected chi connectivity index (χ2v) is 6.52. The van der Waals surface area contributed by atoms with Gasteiger partial charge in [-0.15, -0.1) is 0 Å². The molecule has 1 unspecified atom stereocenters. The quantitative estimate of drug-likeness (QED) is 0.909.